The van der Waals surface area contributed by atoms with E-state index >= 15 is 0 Å². The number of nitro groups is 1. The second-order valence-electron chi connectivity index (χ2n) is 4.82. The van der Waals surface area contributed by atoms with E-state index in [-0.39, 0.29) is 18.0 Å². The van der Waals surface area contributed by atoms with Crippen LogP contribution in [0.5, 0.6) is 11.5 Å². The van der Waals surface area contributed by atoms with E-state index in [0.29, 0.717) is 11.5 Å². The zero-order chi connectivity index (χ0) is 17.5. The molecule has 124 valence electrons. The highest BCUT2D eigenvalue weighted by Crippen LogP contribution is 2.17. The number of phenolic OH excluding ortho intramolecular Hbond substituents is 1. The minimum atomic E-state index is -0.517. The van der Waals surface area contributed by atoms with E-state index in [0.717, 1.165) is 5.56 Å². The number of phenols is 1. The Bertz CT molecular complexity index is 754. The number of ether oxygens (including phenoxy) is 1. The summed E-state index contributed by atoms with van der Waals surface area (Å²) in [5.41, 5.74) is 3.62. The average molecular weight is 329 g/mol. The van der Waals surface area contributed by atoms with Gasteiger partial charge in [0.05, 0.1) is 10.6 Å². The second-order valence-corrected chi connectivity index (χ2v) is 4.82. The van der Waals surface area contributed by atoms with Gasteiger partial charge in [0.15, 0.2) is 6.61 Å². The molecule has 2 N–H and O–H groups in total. The third-order valence-corrected chi connectivity index (χ3v) is 3.05. The van der Waals surface area contributed by atoms with Crippen LogP contribution in [0.4, 0.5) is 5.69 Å². The molecule has 2 aromatic rings. The molecule has 0 aromatic heterocycles. The van der Waals surface area contributed by atoms with Crippen LogP contribution in [0, 0.1) is 10.1 Å². The van der Waals surface area contributed by atoms with Gasteiger partial charge >= 0.3 is 0 Å². The van der Waals surface area contributed by atoms with Crippen LogP contribution >= 0.6 is 0 Å². The zero-order valence-corrected chi connectivity index (χ0v) is 12.8. The Morgan fingerprint density at radius 3 is 2.42 bits per heavy atom. The first-order valence-electron chi connectivity index (χ1n) is 6.95. The Morgan fingerprint density at radius 2 is 1.83 bits per heavy atom. The summed E-state index contributed by atoms with van der Waals surface area (Å²) in [6, 6.07) is 11.8. The van der Waals surface area contributed by atoms with Gasteiger partial charge in [-0.2, -0.15) is 5.10 Å². The van der Waals surface area contributed by atoms with Crippen molar-refractivity contribution in [2.24, 2.45) is 5.10 Å². The number of nitrogens with one attached hydrogen (secondary N) is 1. The van der Waals surface area contributed by atoms with Gasteiger partial charge in [-0.05, 0) is 48.9 Å². The zero-order valence-electron chi connectivity index (χ0n) is 12.8. The van der Waals surface area contributed by atoms with Crippen LogP contribution in [0.3, 0.4) is 0 Å². The lowest BCUT2D eigenvalue weighted by atomic mass is 10.1. The molecule has 0 saturated carbocycles. The summed E-state index contributed by atoms with van der Waals surface area (Å²) in [5.74, 6) is 0.0218. The number of nitro benzene ring substituents is 1. The molecule has 0 spiro atoms. The maximum Gasteiger partial charge on any atom is 0.277 e. The van der Waals surface area contributed by atoms with Gasteiger partial charge in [-0.25, -0.2) is 5.43 Å². The Balaban J connectivity index is 1.85. The highest BCUT2D eigenvalue weighted by atomic mass is 16.6. The summed E-state index contributed by atoms with van der Waals surface area (Å²) in [6.07, 6.45) is 0. The fourth-order valence-electron chi connectivity index (χ4n) is 1.76. The topological polar surface area (TPSA) is 114 Å². The van der Waals surface area contributed by atoms with E-state index in [1.165, 1.54) is 36.4 Å². The molecule has 0 atom stereocenters. The number of benzene rings is 2. The van der Waals surface area contributed by atoms with E-state index in [2.05, 4.69) is 10.5 Å². The number of non-ortho nitro benzene ring substituents is 1. The minimum absolute atomic E-state index is 0.0547. The minimum Gasteiger partial charge on any atom is -0.508 e. The first-order chi connectivity index (χ1) is 11.5. The quantitative estimate of drug-likeness (QED) is 0.479. The van der Waals surface area contributed by atoms with Gasteiger partial charge in [0.25, 0.3) is 11.6 Å². The molecule has 0 aliphatic rings. The van der Waals surface area contributed by atoms with Gasteiger partial charge in [0.1, 0.15) is 11.5 Å². The number of aromatic hydroxyl groups is 1. The number of hydrogen-bond donors (Lipinski definition) is 2. The molecule has 0 bridgehead atoms. The highest BCUT2D eigenvalue weighted by Gasteiger charge is 2.06. The highest BCUT2D eigenvalue weighted by molar-refractivity contribution is 5.99. The Morgan fingerprint density at radius 1 is 1.21 bits per heavy atom. The van der Waals surface area contributed by atoms with Gasteiger partial charge in [0, 0.05) is 12.1 Å². The predicted molar refractivity (Wildman–Crippen MR) is 87.1 cm³/mol. The van der Waals surface area contributed by atoms with Crippen molar-refractivity contribution < 1.29 is 19.6 Å². The standard InChI is InChI=1S/C16H15N3O5/c1-11(12-2-6-14(20)7-3-12)17-18-16(21)10-24-15-8-4-13(5-9-15)19(22)23/h2-9,20H,10H2,1H3,(H,18,21)/b17-11+. The van der Waals surface area contributed by atoms with E-state index in [1.807, 2.05) is 0 Å². The smallest absolute Gasteiger partial charge is 0.277 e. The number of rotatable bonds is 6. The van der Waals surface area contributed by atoms with Crippen molar-refractivity contribution in [3.05, 3.63) is 64.2 Å². The number of hydrazone groups is 1. The Kier molecular flexibility index (Phi) is 5.45. The molecule has 8 nitrogen and oxygen atoms in total. The fraction of sp³-hybridized carbons (Fsp3) is 0.125. The summed E-state index contributed by atoms with van der Waals surface area (Å²) < 4.78 is 5.22. The average Bonchev–Trinajstić information content (AvgIpc) is 2.58. The van der Waals surface area contributed by atoms with Crippen LogP contribution in [0.25, 0.3) is 0 Å². The first kappa shape index (κ1) is 16.9. The molecule has 0 unspecified atom stereocenters. The monoisotopic (exact) mass is 329 g/mol. The predicted octanol–water partition coefficient (Wildman–Crippen LogP) is 2.22. The van der Waals surface area contributed by atoms with Gasteiger partial charge in [-0.1, -0.05) is 0 Å². The summed E-state index contributed by atoms with van der Waals surface area (Å²) in [5, 5.41) is 23.7. The van der Waals surface area contributed by atoms with Gasteiger partial charge < -0.3 is 9.84 Å². The van der Waals surface area contributed by atoms with Crippen molar-refractivity contribution in [3.63, 3.8) is 0 Å². The van der Waals surface area contributed by atoms with E-state index in [9.17, 15) is 20.0 Å². The molecule has 0 aliphatic heterocycles. The molecule has 8 heteroatoms. The lowest BCUT2D eigenvalue weighted by molar-refractivity contribution is -0.384. The molecule has 0 fully saturated rings. The molecule has 0 radical (unpaired) electrons. The van der Waals surface area contributed by atoms with Crippen molar-refractivity contribution in [3.8, 4) is 11.5 Å². The summed E-state index contributed by atoms with van der Waals surface area (Å²) >= 11 is 0. The van der Waals surface area contributed by atoms with Crippen molar-refractivity contribution in [2.75, 3.05) is 6.61 Å². The first-order valence-corrected chi connectivity index (χ1v) is 6.95. The molecule has 2 rings (SSSR count). The maximum absolute atomic E-state index is 11.7. The number of carbonyl (C=O) groups is 1. The van der Waals surface area contributed by atoms with E-state index < -0.39 is 10.8 Å². The Labute approximate surface area is 137 Å². The normalized spacial score (nSPS) is 11.0. The second kappa shape index (κ2) is 7.73. The van der Waals surface area contributed by atoms with Crippen LogP contribution < -0.4 is 10.2 Å². The summed E-state index contributed by atoms with van der Waals surface area (Å²) in [4.78, 5) is 21.7. The Hall–Kier alpha value is -3.42. The van der Waals surface area contributed by atoms with Crippen molar-refractivity contribution >= 4 is 17.3 Å². The number of carbonyl (C=O) groups excluding carboxylic acids is 1. The van der Waals surface area contributed by atoms with Crippen LogP contribution in [-0.2, 0) is 4.79 Å². The van der Waals surface area contributed by atoms with Crippen molar-refractivity contribution in [2.45, 2.75) is 6.92 Å². The molecule has 0 heterocycles. The lowest BCUT2D eigenvalue weighted by Crippen LogP contribution is -2.25. The summed E-state index contributed by atoms with van der Waals surface area (Å²) in [6.45, 7) is 1.44. The van der Waals surface area contributed by atoms with Gasteiger partial charge in [-0.3, -0.25) is 14.9 Å². The maximum atomic E-state index is 11.7. The molecule has 0 saturated heterocycles. The summed E-state index contributed by atoms with van der Waals surface area (Å²) in [7, 11) is 0. The molecule has 1 amide bonds. The lowest BCUT2D eigenvalue weighted by Gasteiger charge is -2.06. The van der Waals surface area contributed by atoms with Crippen LogP contribution in [-0.4, -0.2) is 28.3 Å². The molecule has 2 aromatic carbocycles. The number of hydrogen-bond acceptors (Lipinski definition) is 6. The molecular weight excluding hydrogens is 314 g/mol. The molecule has 24 heavy (non-hydrogen) atoms. The third-order valence-electron chi connectivity index (χ3n) is 3.05. The largest absolute Gasteiger partial charge is 0.508 e. The number of nitrogens with zero attached hydrogens (tertiary/aromatic N) is 2. The molecule has 0 aliphatic carbocycles. The SMILES string of the molecule is C/C(=N\NC(=O)COc1ccc([N+](=O)[O-])cc1)c1ccc(O)cc1. The van der Waals surface area contributed by atoms with Crippen LogP contribution in [0.2, 0.25) is 0 Å². The van der Waals surface area contributed by atoms with Gasteiger partial charge in [0.2, 0.25) is 0 Å². The molecular formula is C16H15N3O5. The van der Waals surface area contributed by atoms with Gasteiger partial charge in [-0.15, -0.1) is 0 Å². The fourth-order valence-corrected chi connectivity index (χ4v) is 1.76. The van der Waals surface area contributed by atoms with Crippen molar-refractivity contribution in [1.82, 2.24) is 5.43 Å². The number of amides is 1. The van der Waals surface area contributed by atoms with E-state index in [4.69, 9.17) is 4.74 Å². The van der Waals surface area contributed by atoms with Crippen molar-refractivity contribution in [1.29, 1.82) is 0 Å². The van der Waals surface area contributed by atoms with E-state index in [1.54, 1.807) is 19.1 Å². The van der Waals surface area contributed by atoms with Crippen LogP contribution in [0.1, 0.15) is 12.5 Å². The van der Waals surface area contributed by atoms with Crippen LogP contribution in [0.15, 0.2) is 53.6 Å². The third kappa shape index (κ3) is 4.80.